The third-order valence-electron chi connectivity index (χ3n) is 2.33. The van der Waals surface area contributed by atoms with Gasteiger partial charge < -0.3 is 9.67 Å². The molecule has 90 valence electrons. The second-order valence-electron chi connectivity index (χ2n) is 3.55. The van der Waals surface area contributed by atoms with Crippen molar-refractivity contribution in [3.63, 3.8) is 0 Å². The van der Waals surface area contributed by atoms with E-state index in [0.717, 1.165) is 26.6 Å². The van der Waals surface area contributed by atoms with E-state index in [2.05, 4.69) is 25.9 Å². The summed E-state index contributed by atoms with van der Waals surface area (Å²) in [5, 5.41) is 9.96. The third-order valence-corrected chi connectivity index (χ3v) is 3.88. The minimum atomic E-state index is 0.0164. The van der Waals surface area contributed by atoms with Gasteiger partial charge in [0.15, 0.2) is 5.16 Å². The molecule has 0 aromatic carbocycles. The number of aromatic nitrogens is 3. The molecule has 0 saturated carbocycles. The molecule has 6 heteroatoms. The van der Waals surface area contributed by atoms with Crippen LogP contribution in [0.15, 0.2) is 34.3 Å². The van der Waals surface area contributed by atoms with E-state index in [1.807, 2.05) is 23.9 Å². The van der Waals surface area contributed by atoms with Crippen LogP contribution in [0.5, 0.6) is 0 Å². The molecule has 0 fully saturated rings. The van der Waals surface area contributed by atoms with E-state index in [1.54, 1.807) is 24.2 Å². The molecule has 2 aromatic heterocycles. The summed E-state index contributed by atoms with van der Waals surface area (Å²) in [6.07, 6.45) is 5.30. The van der Waals surface area contributed by atoms with Crippen LogP contribution in [0.3, 0.4) is 0 Å². The van der Waals surface area contributed by atoms with E-state index in [-0.39, 0.29) is 6.61 Å². The summed E-state index contributed by atoms with van der Waals surface area (Å²) in [5.74, 6) is 0.808. The Morgan fingerprint density at radius 2 is 2.24 bits per heavy atom. The average molecular weight is 314 g/mol. The van der Waals surface area contributed by atoms with E-state index in [9.17, 15) is 0 Å². The topological polar surface area (TPSA) is 50.9 Å². The third kappa shape index (κ3) is 3.08. The number of hydrogen-bond acceptors (Lipinski definition) is 4. The van der Waals surface area contributed by atoms with Crippen LogP contribution in [0.4, 0.5) is 0 Å². The summed E-state index contributed by atoms with van der Waals surface area (Å²) in [6.45, 7) is 0.0164. The molecule has 0 aliphatic carbocycles. The smallest absolute Gasteiger partial charge is 0.168 e. The predicted octanol–water partition coefficient (Wildman–Crippen LogP) is 2.36. The molecule has 0 spiro atoms. The van der Waals surface area contributed by atoms with Crippen molar-refractivity contribution < 1.29 is 5.11 Å². The first-order valence-corrected chi connectivity index (χ1v) is 6.82. The number of halogens is 1. The number of thioether (sulfide) groups is 1. The minimum absolute atomic E-state index is 0.0164. The highest BCUT2D eigenvalue weighted by atomic mass is 79.9. The number of rotatable bonds is 4. The van der Waals surface area contributed by atoms with Gasteiger partial charge in [-0.15, -0.1) is 0 Å². The normalized spacial score (nSPS) is 10.8. The largest absolute Gasteiger partial charge is 0.390 e. The zero-order valence-electron chi connectivity index (χ0n) is 9.30. The van der Waals surface area contributed by atoms with Gasteiger partial charge in [-0.3, -0.25) is 4.98 Å². The van der Waals surface area contributed by atoms with Crippen molar-refractivity contribution in [3.8, 4) is 0 Å². The van der Waals surface area contributed by atoms with Crippen LogP contribution < -0.4 is 0 Å². The van der Waals surface area contributed by atoms with Crippen molar-refractivity contribution in [1.82, 2.24) is 14.5 Å². The highest BCUT2D eigenvalue weighted by molar-refractivity contribution is 9.10. The van der Waals surface area contributed by atoms with Crippen LogP contribution in [0, 0.1) is 0 Å². The van der Waals surface area contributed by atoms with Gasteiger partial charge in [-0.25, -0.2) is 4.98 Å². The zero-order valence-corrected chi connectivity index (χ0v) is 11.7. The van der Waals surface area contributed by atoms with Crippen LogP contribution in [0.1, 0.15) is 11.3 Å². The summed E-state index contributed by atoms with van der Waals surface area (Å²) >= 11 is 5.02. The summed E-state index contributed by atoms with van der Waals surface area (Å²) in [6, 6.07) is 2.04. The van der Waals surface area contributed by atoms with Gasteiger partial charge in [-0.2, -0.15) is 0 Å². The molecule has 4 nitrogen and oxygen atoms in total. The van der Waals surface area contributed by atoms with Crippen molar-refractivity contribution in [3.05, 3.63) is 40.4 Å². The Kier molecular flexibility index (Phi) is 4.20. The molecule has 1 N–H and O–H groups in total. The lowest BCUT2D eigenvalue weighted by Crippen LogP contribution is -1.97. The van der Waals surface area contributed by atoms with E-state index in [0.29, 0.717) is 0 Å². The maximum absolute atomic E-state index is 9.07. The Morgan fingerprint density at radius 3 is 2.88 bits per heavy atom. The molecule has 0 bridgehead atoms. The molecule has 0 unspecified atom stereocenters. The summed E-state index contributed by atoms with van der Waals surface area (Å²) < 4.78 is 2.88. The van der Waals surface area contributed by atoms with Gasteiger partial charge in [-0.1, -0.05) is 11.8 Å². The molecule has 0 aliphatic heterocycles. The molecular weight excluding hydrogens is 302 g/mol. The maximum atomic E-state index is 9.07. The fourth-order valence-corrected chi connectivity index (χ4v) is 2.69. The number of imidazole rings is 1. The van der Waals surface area contributed by atoms with Gasteiger partial charge in [0.05, 0.1) is 18.5 Å². The van der Waals surface area contributed by atoms with Gasteiger partial charge in [0, 0.05) is 29.7 Å². The molecule has 0 amide bonds. The standard InChI is InChI=1S/C11H12BrN3OS/c1-15-10(6-16)5-14-11(15)17-7-8-2-9(12)4-13-3-8/h2-5,16H,6-7H2,1H3. The zero-order chi connectivity index (χ0) is 12.3. The first kappa shape index (κ1) is 12.6. The van der Waals surface area contributed by atoms with Gasteiger partial charge in [0.1, 0.15) is 0 Å². The highest BCUT2D eigenvalue weighted by Crippen LogP contribution is 2.22. The van der Waals surface area contributed by atoms with Crippen molar-refractivity contribution >= 4 is 27.7 Å². The molecule has 0 saturated heterocycles. The quantitative estimate of drug-likeness (QED) is 0.880. The van der Waals surface area contributed by atoms with Crippen molar-refractivity contribution in [2.45, 2.75) is 17.5 Å². The Hall–Kier alpha value is -0.850. The fraction of sp³-hybridized carbons (Fsp3) is 0.273. The lowest BCUT2D eigenvalue weighted by atomic mass is 10.3. The van der Waals surface area contributed by atoms with Gasteiger partial charge >= 0.3 is 0 Å². The Morgan fingerprint density at radius 1 is 1.41 bits per heavy atom. The molecular formula is C11H12BrN3OS. The predicted molar refractivity (Wildman–Crippen MR) is 70.6 cm³/mol. The maximum Gasteiger partial charge on any atom is 0.168 e. The summed E-state index contributed by atoms with van der Waals surface area (Å²) in [5.41, 5.74) is 1.96. The van der Waals surface area contributed by atoms with Crippen molar-refractivity contribution in [2.75, 3.05) is 0 Å². The van der Waals surface area contributed by atoms with Crippen molar-refractivity contribution in [2.24, 2.45) is 7.05 Å². The Balaban J connectivity index is 2.05. The van der Waals surface area contributed by atoms with Gasteiger partial charge in [0.2, 0.25) is 0 Å². The minimum Gasteiger partial charge on any atom is -0.390 e. The molecule has 0 radical (unpaired) electrons. The van der Waals surface area contributed by atoms with E-state index >= 15 is 0 Å². The van der Waals surface area contributed by atoms with Crippen molar-refractivity contribution in [1.29, 1.82) is 0 Å². The van der Waals surface area contributed by atoms with Crippen LogP contribution >= 0.6 is 27.7 Å². The lowest BCUT2D eigenvalue weighted by molar-refractivity contribution is 0.271. The first-order valence-electron chi connectivity index (χ1n) is 5.04. The van der Waals surface area contributed by atoms with Crippen LogP contribution in [-0.4, -0.2) is 19.6 Å². The van der Waals surface area contributed by atoms with E-state index in [4.69, 9.17) is 5.11 Å². The average Bonchev–Trinajstić information content (AvgIpc) is 2.67. The number of pyridine rings is 1. The van der Waals surface area contributed by atoms with E-state index < -0.39 is 0 Å². The molecule has 2 aromatic rings. The number of hydrogen-bond donors (Lipinski definition) is 1. The van der Waals surface area contributed by atoms with Gasteiger partial charge in [0.25, 0.3) is 0 Å². The number of aliphatic hydroxyl groups excluding tert-OH is 1. The summed E-state index contributed by atoms with van der Waals surface area (Å²) in [7, 11) is 1.90. The molecule has 17 heavy (non-hydrogen) atoms. The Labute approximate surface area is 112 Å². The number of nitrogens with zero attached hydrogens (tertiary/aromatic N) is 3. The number of aliphatic hydroxyl groups is 1. The lowest BCUT2D eigenvalue weighted by Gasteiger charge is -2.04. The second kappa shape index (κ2) is 5.66. The van der Waals surface area contributed by atoms with E-state index in [1.165, 1.54) is 0 Å². The van der Waals surface area contributed by atoms with Crippen LogP contribution in [0.2, 0.25) is 0 Å². The van der Waals surface area contributed by atoms with Gasteiger partial charge in [-0.05, 0) is 27.6 Å². The molecule has 0 aliphatic rings. The fourth-order valence-electron chi connectivity index (χ4n) is 1.39. The first-order chi connectivity index (χ1) is 8.20. The highest BCUT2D eigenvalue weighted by Gasteiger charge is 2.06. The molecule has 2 rings (SSSR count). The monoisotopic (exact) mass is 313 g/mol. The molecule has 2 heterocycles. The summed E-state index contributed by atoms with van der Waals surface area (Å²) in [4.78, 5) is 8.37. The SMILES string of the molecule is Cn1c(CO)cnc1SCc1cncc(Br)c1. The Bertz CT molecular complexity index is 515. The van der Waals surface area contributed by atoms with Crippen LogP contribution in [0.25, 0.3) is 0 Å². The second-order valence-corrected chi connectivity index (χ2v) is 5.41. The van der Waals surface area contributed by atoms with Crippen LogP contribution in [-0.2, 0) is 19.4 Å². The molecule has 0 atom stereocenters.